The monoisotopic (exact) mass is 242 g/mol. The van der Waals surface area contributed by atoms with Crippen LogP contribution >= 0.6 is 11.8 Å². The maximum absolute atomic E-state index is 10.2. The van der Waals surface area contributed by atoms with Crippen LogP contribution in [0.3, 0.4) is 0 Å². The summed E-state index contributed by atoms with van der Waals surface area (Å²) in [6.07, 6.45) is 0.462. The fraction of sp³-hybridized carbons (Fsp3) is 0.200. The van der Waals surface area contributed by atoms with Gasteiger partial charge in [0.05, 0.1) is 6.10 Å². The molecule has 3 rings (SSSR count). The van der Waals surface area contributed by atoms with E-state index in [2.05, 4.69) is 30.3 Å². The molecule has 1 N–H and O–H groups in total. The highest BCUT2D eigenvalue weighted by molar-refractivity contribution is 7.99. The number of hydrogen-bond acceptors (Lipinski definition) is 2. The van der Waals surface area contributed by atoms with Gasteiger partial charge in [0.15, 0.2) is 0 Å². The lowest BCUT2D eigenvalue weighted by atomic mass is 10.00. The van der Waals surface area contributed by atoms with Gasteiger partial charge in [-0.05, 0) is 23.6 Å². The Hall–Kier alpha value is -1.25. The average molecular weight is 242 g/mol. The Morgan fingerprint density at radius 1 is 0.941 bits per heavy atom. The van der Waals surface area contributed by atoms with Crippen molar-refractivity contribution in [3.63, 3.8) is 0 Å². The van der Waals surface area contributed by atoms with Crippen molar-refractivity contribution in [2.24, 2.45) is 0 Å². The molecule has 0 spiro atoms. The zero-order chi connectivity index (χ0) is 11.7. The highest BCUT2D eigenvalue weighted by Gasteiger charge is 2.26. The lowest BCUT2D eigenvalue weighted by molar-refractivity contribution is 0.161. The first-order valence-electron chi connectivity index (χ1n) is 5.83. The van der Waals surface area contributed by atoms with Gasteiger partial charge in [0, 0.05) is 10.1 Å². The summed E-state index contributed by atoms with van der Waals surface area (Å²) in [6.45, 7) is 0. The summed E-state index contributed by atoms with van der Waals surface area (Å²) in [7, 11) is 0. The van der Waals surface area contributed by atoms with Crippen molar-refractivity contribution in [1.82, 2.24) is 0 Å². The minimum Gasteiger partial charge on any atom is -0.388 e. The Kier molecular flexibility index (Phi) is 2.91. The van der Waals surface area contributed by atoms with Gasteiger partial charge in [-0.3, -0.25) is 0 Å². The van der Waals surface area contributed by atoms with E-state index in [4.69, 9.17) is 0 Å². The number of thioether (sulfide) groups is 1. The van der Waals surface area contributed by atoms with Gasteiger partial charge in [0.1, 0.15) is 0 Å². The molecular formula is C15H14OS. The van der Waals surface area contributed by atoms with Gasteiger partial charge in [-0.25, -0.2) is 0 Å². The summed E-state index contributed by atoms with van der Waals surface area (Å²) in [6, 6.07) is 18.6. The molecule has 0 bridgehead atoms. The van der Waals surface area contributed by atoms with Gasteiger partial charge in [-0.2, -0.15) is 0 Å². The van der Waals surface area contributed by atoms with Crippen molar-refractivity contribution in [1.29, 1.82) is 0 Å². The van der Waals surface area contributed by atoms with E-state index in [9.17, 15) is 5.11 Å². The van der Waals surface area contributed by atoms with Crippen LogP contribution < -0.4 is 0 Å². The summed E-state index contributed by atoms with van der Waals surface area (Å²) < 4.78 is 0. The molecule has 0 aliphatic carbocycles. The van der Waals surface area contributed by atoms with E-state index in [1.54, 1.807) is 0 Å². The molecule has 2 aromatic carbocycles. The molecule has 0 saturated carbocycles. The standard InChI is InChI=1S/C15H14OS/c16-13-10-15(11-6-2-1-3-7-11)17-14-9-5-4-8-12(13)14/h1-9,13,15-16H,10H2/t13-,15+/m1/s1. The van der Waals surface area contributed by atoms with Crippen LogP contribution in [0.4, 0.5) is 0 Å². The molecule has 86 valence electrons. The Morgan fingerprint density at radius 2 is 1.65 bits per heavy atom. The first-order chi connectivity index (χ1) is 8.34. The molecule has 17 heavy (non-hydrogen) atoms. The first kappa shape index (κ1) is 10.9. The number of benzene rings is 2. The van der Waals surface area contributed by atoms with Crippen LogP contribution in [-0.2, 0) is 0 Å². The Balaban J connectivity index is 1.94. The van der Waals surface area contributed by atoms with Crippen molar-refractivity contribution in [2.45, 2.75) is 22.7 Å². The quantitative estimate of drug-likeness (QED) is 0.817. The second-order valence-corrected chi connectivity index (χ2v) is 5.55. The van der Waals surface area contributed by atoms with Crippen LogP contribution in [0.5, 0.6) is 0 Å². The first-order valence-corrected chi connectivity index (χ1v) is 6.71. The highest BCUT2D eigenvalue weighted by Crippen LogP contribution is 2.48. The molecule has 1 nitrogen and oxygen atoms in total. The van der Waals surface area contributed by atoms with E-state index in [1.165, 1.54) is 10.5 Å². The summed E-state index contributed by atoms with van der Waals surface area (Å²) in [5.41, 5.74) is 2.37. The number of fused-ring (bicyclic) bond motifs is 1. The van der Waals surface area contributed by atoms with Gasteiger partial charge in [0.25, 0.3) is 0 Å². The molecule has 1 aliphatic rings. The highest BCUT2D eigenvalue weighted by atomic mass is 32.2. The van der Waals surface area contributed by atoms with Crippen LogP contribution in [0.25, 0.3) is 0 Å². The summed E-state index contributed by atoms with van der Waals surface area (Å²) in [5, 5.41) is 10.5. The van der Waals surface area contributed by atoms with Gasteiger partial charge in [-0.1, -0.05) is 48.5 Å². The molecule has 1 aliphatic heterocycles. The van der Waals surface area contributed by atoms with Gasteiger partial charge < -0.3 is 5.11 Å². The Morgan fingerprint density at radius 3 is 2.47 bits per heavy atom. The van der Waals surface area contributed by atoms with E-state index in [0.29, 0.717) is 5.25 Å². The number of hydrogen-bond donors (Lipinski definition) is 1. The predicted octanol–water partition coefficient (Wildman–Crippen LogP) is 3.96. The van der Waals surface area contributed by atoms with Crippen molar-refractivity contribution >= 4 is 11.8 Å². The largest absolute Gasteiger partial charge is 0.388 e. The lowest BCUT2D eigenvalue weighted by Crippen LogP contribution is -2.10. The van der Waals surface area contributed by atoms with Crippen LogP contribution in [0.15, 0.2) is 59.5 Å². The maximum atomic E-state index is 10.2. The molecule has 2 aromatic rings. The number of aliphatic hydroxyl groups excluding tert-OH is 1. The third kappa shape index (κ3) is 2.11. The fourth-order valence-corrected chi connectivity index (χ4v) is 3.64. The van der Waals surface area contributed by atoms with Crippen LogP contribution in [0, 0.1) is 0 Å². The van der Waals surface area contributed by atoms with Gasteiger partial charge >= 0.3 is 0 Å². The third-order valence-corrected chi connectivity index (χ3v) is 4.53. The average Bonchev–Trinajstić information content (AvgIpc) is 2.40. The normalized spacial score (nSPS) is 23.1. The van der Waals surface area contributed by atoms with Crippen LogP contribution in [0.1, 0.15) is 28.9 Å². The zero-order valence-corrected chi connectivity index (χ0v) is 10.2. The van der Waals surface area contributed by atoms with Gasteiger partial charge in [0.2, 0.25) is 0 Å². The van der Waals surface area contributed by atoms with Crippen molar-refractivity contribution in [3.8, 4) is 0 Å². The zero-order valence-electron chi connectivity index (χ0n) is 9.41. The fourth-order valence-electron chi connectivity index (χ4n) is 2.27. The summed E-state index contributed by atoms with van der Waals surface area (Å²) in [4.78, 5) is 1.21. The molecule has 0 aromatic heterocycles. The molecule has 0 fully saturated rings. The molecule has 0 radical (unpaired) electrons. The molecule has 0 unspecified atom stereocenters. The minimum absolute atomic E-state index is 0.336. The Bertz CT molecular complexity index is 509. The molecule has 0 saturated heterocycles. The van der Waals surface area contributed by atoms with E-state index in [1.807, 2.05) is 36.0 Å². The van der Waals surface area contributed by atoms with E-state index >= 15 is 0 Å². The van der Waals surface area contributed by atoms with E-state index < -0.39 is 0 Å². The molecular weight excluding hydrogens is 228 g/mol. The van der Waals surface area contributed by atoms with Crippen LogP contribution in [-0.4, -0.2) is 5.11 Å². The minimum atomic E-state index is -0.336. The number of rotatable bonds is 1. The van der Waals surface area contributed by atoms with E-state index in [-0.39, 0.29) is 6.10 Å². The second-order valence-electron chi connectivity index (χ2n) is 4.31. The molecule has 1 heterocycles. The molecule has 2 atom stereocenters. The number of aliphatic hydroxyl groups is 1. The second kappa shape index (κ2) is 4.55. The summed E-state index contributed by atoms with van der Waals surface area (Å²) in [5.74, 6) is 0. The van der Waals surface area contributed by atoms with Gasteiger partial charge in [-0.15, -0.1) is 11.8 Å². The smallest absolute Gasteiger partial charge is 0.0814 e. The Labute approximate surface area is 105 Å². The molecule has 0 amide bonds. The SMILES string of the molecule is O[C@@H]1C[C@@H](c2ccccc2)Sc2ccccc21. The summed E-state index contributed by atoms with van der Waals surface area (Å²) >= 11 is 1.85. The topological polar surface area (TPSA) is 20.2 Å². The lowest BCUT2D eigenvalue weighted by Gasteiger charge is -2.28. The maximum Gasteiger partial charge on any atom is 0.0814 e. The molecule has 2 heteroatoms. The predicted molar refractivity (Wildman–Crippen MR) is 71.1 cm³/mol. The van der Waals surface area contributed by atoms with Crippen molar-refractivity contribution in [3.05, 3.63) is 65.7 Å². The van der Waals surface area contributed by atoms with E-state index in [0.717, 1.165) is 12.0 Å². The van der Waals surface area contributed by atoms with Crippen molar-refractivity contribution in [2.75, 3.05) is 0 Å². The third-order valence-electron chi connectivity index (χ3n) is 3.16. The van der Waals surface area contributed by atoms with Crippen molar-refractivity contribution < 1.29 is 5.11 Å². The van der Waals surface area contributed by atoms with Crippen LogP contribution in [0.2, 0.25) is 0 Å².